The summed E-state index contributed by atoms with van der Waals surface area (Å²) in [6.07, 6.45) is -0.788. The monoisotopic (exact) mass is 351 g/mol. The molecule has 0 radical (unpaired) electrons. The summed E-state index contributed by atoms with van der Waals surface area (Å²) in [6, 6.07) is 2.50. The first-order chi connectivity index (χ1) is 10.2. The molecule has 2 aromatic rings. The normalized spacial score (nSPS) is 12.2. The third kappa shape index (κ3) is 4.31. The largest absolute Gasteiger partial charge is 0.416 e. The van der Waals surface area contributed by atoms with Crippen molar-refractivity contribution in [2.75, 3.05) is 4.72 Å². The molecule has 0 aliphatic heterocycles. The van der Waals surface area contributed by atoms with Gasteiger partial charge in [-0.1, -0.05) is 11.6 Å². The van der Waals surface area contributed by atoms with Crippen LogP contribution in [0, 0.1) is 0 Å². The second kappa shape index (κ2) is 6.09. The number of hydrogen-bond acceptors (Lipinski definition) is 4. The van der Waals surface area contributed by atoms with E-state index in [-0.39, 0.29) is 16.4 Å². The Balaban J connectivity index is 2.26. The smallest absolute Gasteiger partial charge is 0.266 e. The van der Waals surface area contributed by atoms with E-state index < -0.39 is 27.5 Å². The van der Waals surface area contributed by atoms with Crippen molar-refractivity contribution in [3.05, 3.63) is 52.9 Å². The molecule has 22 heavy (non-hydrogen) atoms. The van der Waals surface area contributed by atoms with Gasteiger partial charge in [0.05, 0.1) is 17.5 Å². The van der Waals surface area contributed by atoms with Gasteiger partial charge < -0.3 is 0 Å². The number of nitrogens with one attached hydrogen (secondary N) is 1. The minimum absolute atomic E-state index is 0.0365. The lowest BCUT2D eigenvalue weighted by Gasteiger charge is -2.11. The van der Waals surface area contributed by atoms with Gasteiger partial charge in [-0.2, -0.15) is 13.2 Å². The molecule has 0 amide bonds. The number of rotatable bonds is 4. The number of sulfonamides is 1. The number of alkyl halides is 3. The van der Waals surface area contributed by atoms with Crippen molar-refractivity contribution in [2.24, 2.45) is 0 Å². The summed E-state index contributed by atoms with van der Waals surface area (Å²) >= 11 is 5.77. The molecule has 1 aromatic heterocycles. The van der Waals surface area contributed by atoms with E-state index in [4.69, 9.17) is 11.6 Å². The standard InChI is InChI=1S/C12H9ClF3N3O2S/c13-10-2-1-9(12(14,15)16)5-8(10)7-22(20,21)19-11-6-17-3-4-18-11/h1-6H,7H2,(H,18,19). The van der Waals surface area contributed by atoms with Crippen molar-refractivity contribution in [1.82, 2.24) is 9.97 Å². The minimum Gasteiger partial charge on any atom is -0.266 e. The van der Waals surface area contributed by atoms with Crippen molar-refractivity contribution in [2.45, 2.75) is 11.9 Å². The number of halogens is 4. The Labute approximate surface area is 129 Å². The van der Waals surface area contributed by atoms with Crippen LogP contribution in [0.5, 0.6) is 0 Å². The Hall–Kier alpha value is -1.87. The third-order valence-electron chi connectivity index (χ3n) is 2.54. The van der Waals surface area contributed by atoms with Crippen molar-refractivity contribution in [3.63, 3.8) is 0 Å². The summed E-state index contributed by atoms with van der Waals surface area (Å²) in [5.74, 6) is -0.752. The van der Waals surface area contributed by atoms with E-state index in [1.54, 1.807) is 0 Å². The summed E-state index contributed by atoms with van der Waals surface area (Å²) in [5.41, 5.74) is -1.13. The average Bonchev–Trinajstić information content (AvgIpc) is 2.40. The van der Waals surface area contributed by atoms with E-state index in [9.17, 15) is 21.6 Å². The zero-order valence-corrected chi connectivity index (χ0v) is 12.4. The van der Waals surface area contributed by atoms with Crippen molar-refractivity contribution in [1.29, 1.82) is 0 Å². The number of aromatic nitrogens is 2. The molecule has 5 nitrogen and oxygen atoms in total. The summed E-state index contributed by atoms with van der Waals surface area (Å²) in [7, 11) is -3.98. The SMILES string of the molecule is O=S(=O)(Cc1cc(C(F)(F)F)ccc1Cl)Nc1cnccn1. The van der Waals surface area contributed by atoms with Crippen LogP contribution in [0.4, 0.5) is 19.0 Å². The van der Waals surface area contributed by atoms with Crippen LogP contribution < -0.4 is 4.72 Å². The van der Waals surface area contributed by atoms with E-state index >= 15 is 0 Å². The maximum Gasteiger partial charge on any atom is 0.416 e. The van der Waals surface area contributed by atoms with Crippen molar-refractivity contribution >= 4 is 27.4 Å². The molecule has 10 heteroatoms. The van der Waals surface area contributed by atoms with Gasteiger partial charge in [-0.3, -0.25) is 9.71 Å². The van der Waals surface area contributed by atoms with Crippen LogP contribution >= 0.6 is 11.6 Å². The molecule has 0 saturated heterocycles. The molecule has 0 saturated carbocycles. The Morgan fingerprint density at radius 2 is 1.95 bits per heavy atom. The van der Waals surface area contributed by atoms with Crippen molar-refractivity contribution in [3.8, 4) is 0 Å². The first-order valence-corrected chi connectivity index (χ1v) is 7.82. The molecule has 1 aromatic carbocycles. The molecule has 0 atom stereocenters. The van der Waals surface area contributed by atoms with Crippen LogP contribution in [0.1, 0.15) is 11.1 Å². The molecule has 2 rings (SSSR count). The highest BCUT2D eigenvalue weighted by atomic mass is 35.5. The molecule has 0 aliphatic rings. The predicted molar refractivity (Wildman–Crippen MR) is 74.7 cm³/mol. The quantitative estimate of drug-likeness (QED) is 0.918. The summed E-state index contributed by atoms with van der Waals surface area (Å²) in [5, 5.41) is -0.0717. The fraction of sp³-hybridized carbons (Fsp3) is 0.167. The molecule has 0 spiro atoms. The second-order valence-electron chi connectivity index (χ2n) is 4.26. The molecule has 0 fully saturated rings. The number of benzene rings is 1. The first-order valence-electron chi connectivity index (χ1n) is 5.79. The van der Waals surface area contributed by atoms with Crippen LogP contribution in [0.2, 0.25) is 5.02 Å². The lowest BCUT2D eigenvalue weighted by Crippen LogP contribution is -2.17. The van der Waals surface area contributed by atoms with Gasteiger partial charge in [-0.15, -0.1) is 0 Å². The molecule has 0 bridgehead atoms. The van der Waals surface area contributed by atoms with Crippen molar-refractivity contribution < 1.29 is 21.6 Å². The Bertz CT molecular complexity index is 767. The Morgan fingerprint density at radius 1 is 1.23 bits per heavy atom. The summed E-state index contributed by atoms with van der Waals surface area (Å²) < 4.78 is 64.0. The highest BCUT2D eigenvalue weighted by Crippen LogP contribution is 2.32. The third-order valence-corrected chi connectivity index (χ3v) is 4.12. The zero-order chi connectivity index (χ0) is 16.4. The lowest BCUT2D eigenvalue weighted by molar-refractivity contribution is -0.137. The first kappa shape index (κ1) is 16.5. The van der Waals surface area contributed by atoms with Crippen LogP contribution in [0.15, 0.2) is 36.8 Å². The van der Waals surface area contributed by atoms with E-state index in [1.165, 1.54) is 18.6 Å². The van der Waals surface area contributed by atoms with Gasteiger partial charge in [-0.05, 0) is 23.8 Å². The molecular weight excluding hydrogens is 343 g/mol. The second-order valence-corrected chi connectivity index (χ2v) is 6.39. The fourth-order valence-corrected chi connectivity index (χ4v) is 3.02. The Kier molecular flexibility index (Phi) is 4.57. The number of nitrogens with zero attached hydrogens (tertiary/aromatic N) is 2. The van der Waals surface area contributed by atoms with E-state index in [0.717, 1.165) is 12.1 Å². The minimum atomic E-state index is -4.58. The molecule has 0 unspecified atom stereocenters. The van der Waals surface area contributed by atoms with Crippen LogP contribution in [-0.4, -0.2) is 18.4 Å². The van der Waals surface area contributed by atoms with E-state index in [1.807, 2.05) is 0 Å². The zero-order valence-electron chi connectivity index (χ0n) is 10.8. The maximum absolute atomic E-state index is 12.7. The van der Waals surface area contributed by atoms with Gasteiger partial charge in [0.1, 0.15) is 0 Å². The molecule has 1 N–H and O–H groups in total. The van der Waals surface area contributed by atoms with Gasteiger partial charge in [-0.25, -0.2) is 13.4 Å². The fourth-order valence-electron chi connectivity index (χ4n) is 1.61. The van der Waals surface area contributed by atoms with Crippen LogP contribution in [0.25, 0.3) is 0 Å². The van der Waals surface area contributed by atoms with Gasteiger partial charge in [0.25, 0.3) is 0 Å². The molecule has 1 heterocycles. The number of hydrogen-bond donors (Lipinski definition) is 1. The van der Waals surface area contributed by atoms with Crippen LogP contribution in [-0.2, 0) is 22.0 Å². The summed E-state index contributed by atoms with van der Waals surface area (Å²) in [4.78, 5) is 7.39. The van der Waals surface area contributed by atoms with Gasteiger partial charge >= 0.3 is 6.18 Å². The molecular formula is C12H9ClF3N3O2S. The average molecular weight is 352 g/mol. The van der Waals surface area contributed by atoms with E-state index in [0.29, 0.717) is 6.07 Å². The maximum atomic E-state index is 12.7. The lowest BCUT2D eigenvalue weighted by atomic mass is 10.1. The van der Waals surface area contributed by atoms with Crippen LogP contribution in [0.3, 0.4) is 0 Å². The predicted octanol–water partition coefficient (Wildman–Crippen LogP) is 3.09. The Morgan fingerprint density at radius 3 is 2.55 bits per heavy atom. The molecule has 0 aliphatic carbocycles. The number of anilines is 1. The topological polar surface area (TPSA) is 72.0 Å². The van der Waals surface area contributed by atoms with E-state index in [2.05, 4.69) is 14.7 Å². The van der Waals surface area contributed by atoms with Gasteiger partial charge in [0.15, 0.2) is 5.82 Å². The van der Waals surface area contributed by atoms with Gasteiger partial charge in [0, 0.05) is 17.4 Å². The summed E-state index contributed by atoms with van der Waals surface area (Å²) in [6.45, 7) is 0. The highest BCUT2D eigenvalue weighted by molar-refractivity contribution is 7.91. The molecule has 118 valence electrons. The van der Waals surface area contributed by atoms with Gasteiger partial charge in [0.2, 0.25) is 10.0 Å². The highest BCUT2D eigenvalue weighted by Gasteiger charge is 2.31.